The molecule has 0 aromatic heterocycles. The van der Waals surface area contributed by atoms with Gasteiger partial charge in [0, 0.05) is 22.3 Å². The number of nitro benzene ring substituents is 1. The lowest BCUT2D eigenvalue weighted by Gasteiger charge is -2.12. The Morgan fingerprint density at radius 2 is 2.05 bits per heavy atom. The maximum Gasteiger partial charge on any atom is 0.270 e. The van der Waals surface area contributed by atoms with Crippen LogP contribution in [0.4, 0.5) is 11.4 Å². The largest absolute Gasteiger partial charge is 0.398 e. The van der Waals surface area contributed by atoms with Crippen molar-refractivity contribution in [3.05, 3.63) is 69.2 Å². The molecule has 0 aliphatic carbocycles. The molecule has 2 rings (SSSR count). The topological polar surface area (TPSA) is 69.2 Å². The molecule has 0 spiro atoms. The third-order valence-electron chi connectivity index (χ3n) is 3.01. The van der Waals surface area contributed by atoms with Gasteiger partial charge in [-0.25, -0.2) is 0 Å². The second kappa shape index (κ2) is 5.88. The molecule has 4 nitrogen and oxygen atoms in total. The minimum absolute atomic E-state index is 0.0507. The SMILES string of the molecule is C=CCc1c(N)cccc1-c1ccc([N+](=O)[O-])cc1Br. The van der Waals surface area contributed by atoms with Crippen LogP contribution in [-0.4, -0.2) is 4.92 Å². The summed E-state index contributed by atoms with van der Waals surface area (Å²) in [6.45, 7) is 3.74. The first kappa shape index (κ1) is 14.3. The highest BCUT2D eigenvalue weighted by Crippen LogP contribution is 2.35. The molecule has 0 fully saturated rings. The maximum absolute atomic E-state index is 10.8. The van der Waals surface area contributed by atoms with Gasteiger partial charge in [-0.1, -0.05) is 18.2 Å². The van der Waals surface area contributed by atoms with Crippen LogP contribution in [0.3, 0.4) is 0 Å². The maximum atomic E-state index is 10.8. The summed E-state index contributed by atoms with van der Waals surface area (Å²) < 4.78 is 0.669. The fourth-order valence-corrected chi connectivity index (χ4v) is 2.65. The average molecular weight is 333 g/mol. The zero-order valence-electron chi connectivity index (χ0n) is 10.7. The van der Waals surface area contributed by atoms with Gasteiger partial charge in [0.2, 0.25) is 0 Å². The van der Waals surface area contributed by atoms with Crippen LogP contribution in [0.2, 0.25) is 0 Å². The van der Waals surface area contributed by atoms with E-state index in [1.54, 1.807) is 12.1 Å². The molecule has 20 heavy (non-hydrogen) atoms. The Labute approximate surface area is 125 Å². The number of halogens is 1. The molecule has 0 radical (unpaired) electrons. The molecule has 0 atom stereocenters. The van der Waals surface area contributed by atoms with Crippen molar-refractivity contribution in [1.82, 2.24) is 0 Å². The zero-order chi connectivity index (χ0) is 14.7. The van der Waals surface area contributed by atoms with Crippen molar-refractivity contribution in [2.75, 3.05) is 5.73 Å². The van der Waals surface area contributed by atoms with Gasteiger partial charge in [0.25, 0.3) is 5.69 Å². The number of nitrogens with two attached hydrogens (primary N) is 1. The summed E-state index contributed by atoms with van der Waals surface area (Å²) in [6.07, 6.45) is 2.43. The molecule has 102 valence electrons. The highest BCUT2D eigenvalue weighted by Gasteiger charge is 2.13. The third-order valence-corrected chi connectivity index (χ3v) is 3.67. The molecule has 0 aliphatic heterocycles. The number of anilines is 1. The van der Waals surface area contributed by atoms with Crippen LogP contribution in [-0.2, 0) is 6.42 Å². The van der Waals surface area contributed by atoms with E-state index in [2.05, 4.69) is 22.5 Å². The van der Waals surface area contributed by atoms with E-state index in [1.165, 1.54) is 12.1 Å². The van der Waals surface area contributed by atoms with Crippen LogP contribution >= 0.6 is 15.9 Å². The van der Waals surface area contributed by atoms with Crippen LogP contribution in [0.5, 0.6) is 0 Å². The summed E-state index contributed by atoms with van der Waals surface area (Å²) in [5.41, 5.74) is 9.53. The number of benzene rings is 2. The predicted octanol–water partition coefficient (Wildman–Crippen LogP) is 4.34. The third kappa shape index (κ3) is 2.72. The van der Waals surface area contributed by atoms with Crippen LogP contribution in [0, 0.1) is 10.1 Å². The van der Waals surface area contributed by atoms with Crippen LogP contribution in [0.15, 0.2) is 53.5 Å². The van der Waals surface area contributed by atoms with Gasteiger partial charge < -0.3 is 5.73 Å². The van der Waals surface area contributed by atoms with Gasteiger partial charge in [-0.05, 0) is 51.2 Å². The van der Waals surface area contributed by atoms with Crippen molar-refractivity contribution >= 4 is 27.3 Å². The Balaban J connectivity index is 2.60. The molecule has 2 aromatic rings. The minimum Gasteiger partial charge on any atom is -0.398 e. The highest BCUT2D eigenvalue weighted by atomic mass is 79.9. The van der Waals surface area contributed by atoms with E-state index in [9.17, 15) is 10.1 Å². The molecule has 2 N–H and O–H groups in total. The van der Waals surface area contributed by atoms with Gasteiger partial charge in [0.1, 0.15) is 0 Å². The van der Waals surface area contributed by atoms with Crippen LogP contribution in [0.1, 0.15) is 5.56 Å². The van der Waals surface area contributed by atoms with Crippen molar-refractivity contribution in [2.45, 2.75) is 6.42 Å². The van der Waals surface area contributed by atoms with Gasteiger partial charge in [-0.3, -0.25) is 10.1 Å². The van der Waals surface area contributed by atoms with Gasteiger partial charge in [0.15, 0.2) is 0 Å². The standard InChI is InChI=1S/C15H13BrN2O2/c1-2-4-13-11(5-3-6-15(13)17)12-8-7-10(18(19)20)9-14(12)16/h2-3,5-9H,1,4,17H2. The Kier molecular flexibility index (Phi) is 4.20. The van der Waals surface area contributed by atoms with Crippen LogP contribution < -0.4 is 5.73 Å². The van der Waals surface area contributed by atoms with Gasteiger partial charge in [-0.15, -0.1) is 6.58 Å². The lowest BCUT2D eigenvalue weighted by atomic mass is 9.96. The van der Waals surface area contributed by atoms with E-state index in [0.717, 1.165) is 16.7 Å². The number of nitro groups is 1. The number of hydrogen-bond donors (Lipinski definition) is 1. The van der Waals surface area contributed by atoms with E-state index in [-0.39, 0.29) is 5.69 Å². The molecule has 5 heteroatoms. The fourth-order valence-electron chi connectivity index (χ4n) is 2.07. The molecule has 2 aromatic carbocycles. The first-order valence-corrected chi connectivity index (χ1v) is 6.76. The molecule has 0 saturated heterocycles. The first-order valence-electron chi connectivity index (χ1n) is 5.97. The number of rotatable bonds is 4. The van der Waals surface area contributed by atoms with Crippen molar-refractivity contribution in [3.63, 3.8) is 0 Å². The smallest absolute Gasteiger partial charge is 0.270 e. The fraction of sp³-hybridized carbons (Fsp3) is 0.0667. The van der Waals surface area contributed by atoms with E-state index >= 15 is 0 Å². The molecule has 0 amide bonds. The number of allylic oxidation sites excluding steroid dienone is 1. The Hall–Kier alpha value is -2.14. The van der Waals surface area contributed by atoms with Gasteiger partial charge in [-0.2, -0.15) is 0 Å². The van der Waals surface area contributed by atoms with E-state index in [0.29, 0.717) is 16.6 Å². The molecular weight excluding hydrogens is 320 g/mol. The Morgan fingerprint density at radius 3 is 2.65 bits per heavy atom. The molecule has 0 unspecified atom stereocenters. The first-order chi connectivity index (χ1) is 9.54. The Morgan fingerprint density at radius 1 is 1.30 bits per heavy atom. The zero-order valence-corrected chi connectivity index (χ0v) is 12.3. The molecular formula is C15H13BrN2O2. The summed E-state index contributed by atoms with van der Waals surface area (Å²) in [7, 11) is 0. The monoisotopic (exact) mass is 332 g/mol. The van der Waals surface area contributed by atoms with Gasteiger partial charge >= 0.3 is 0 Å². The predicted molar refractivity (Wildman–Crippen MR) is 84.5 cm³/mol. The average Bonchev–Trinajstić information content (AvgIpc) is 2.41. The van der Waals surface area contributed by atoms with Crippen molar-refractivity contribution in [3.8, 4) is 11.1 Å². The molecule has 0 aliphatic rings. The second-order valence-corrected chi connectivity index (χ2v) is 5.14. The lowest BCUT2D eigenvalue weighted by Crippen LogP contribution is -1.97. The van der Waals surface area contributed by atoms with Gasteiger partial charge in [0.05, 0.1) is 4.92 Å². The summed E-state index contributed by atoms with van der Waals surface area (Å²) >= 11 is 3.39. The van der Waals surface area contributed by atoms with Crippen molar-refractivity contribution in [1.29, 1.82) is 0 Å². The van der Waals surface area contributed by atoms with E-state index in [4.69, 9.17) is 5.73 Å². The quantitative estimate of drug-likeness (QED) is 0.392. The molecule has 0 saturated carbocycles. The lowest BCUT2D eigenvalue weighted by molar-refractivity contribution is -0.384. The number of hydrogen-bond acceptors (Lipinski definition) is 3. The summed E-state index contributed by atoms with van der Waals surface area (Å²) in [4.78, 5) is 10.4. The molecule has 0 heterocycles. The number of nitrogens with zero attached hydrogens (tertiary/aromatic N) is 1. The van der Waals surface area contributed by atoms with Crippen LogP contribution in [0.25, 0.3) is 11.1 Å². The highest BCUT2D eigenvalue weighted by molar-refractivity contribution is 9.10. The van der Waals surface area contributed by atoms with E-state index in [1.807, 2.05) is 18.2 Å². The minimum atomic E-state index is -0.418. The number of nitrogen functional groups attached to an aromatic ring is 1. The van der Waals surface area contributed by atoms with Crippen molar-refractivity contribution in [2.24, 2.45) is 0 Å². The second-order valence-electron chi connectivity index (χ2n) is 4.29. The summed E-state index contributed by atoms with van der Waals surface area (Å²) in [6, 6.07) is 10.4. The molecule has 0 bridgehead atoms. The summed E-state index contributed by atoms with van der Waals surface area (Å²) in [5.74, 6) is 0. The number of non-ortho nitro benzene ring substituents is 1. The summed E-state index contributed by atoms with van der Waals surface area (Å²) in [5, 5.41) is 10.8. The normalized spacial score (nSPS) is 10.2. The van der Waals surface area contributed by atoms with E-state index < -0.39 is 4.92 Å². The Bertz CT molecular complexity index is 684. The van der Waals surface area contributed by atoms with Crippen molar-refractivity contribution < 1.29 is 4.92 Å².